The Kier molecular flexibility index (Phi) is 6.50. The molecule has 1 amide bonds. The van der Waals surface area contributed by atoms with E-state index >= 15 is 0 Å². The van der Waals surface area contributed by atoms with Gasteiger partial charge in [0.05, 0.1) is 6.20 Å². The quantitative estimate of drug-likeness (QED) is 0.293. The van der Waals surface area contributed by atoms with E-state index in [2.05, 4.69) is 39.7 Å². The molecule has 0 radical (unpaired) electrons. The molecule has 3 heterocycles. The van der Waals surface area contributed by atoms with Gasteiger partial charge in [0, 0.05) is 30.5 Å². The zero-order chi connectivity index (χ0) is 26.8. The van der Waals surface area contributed by atoms with Crippen LogP contribution in [0.15, 0.2) is 97.3 Å². The maximum absolute atomic E-state index is 13.9. The highest BCUT2D eigenvalue weighted by Crippen LogP contribution is 2.33. The van der Waals surface area contributed by atoms with Crippen molar-refractivity contribution in [1.82, 2.24) is 19.5 Å². The monoisotopic (exact) mass is 517 g/mol. The third kappa shape index (κ3) is 4.72. The minimum absolute atomic E-state index is 0.0305. The molecule has 0 bridgehead atoms. The Balaban J connectivity index is 1.37. The van der Waals surface area contributed by atoms with Gasteiger partial charge in [0.25, 0.3) is 5.91 Å². The van der Waals surface area contributed by atoms with Gasteiger partial charge < -0.3 is 15.3 Å². The van der Waals surface area contributed by atoms with Gasteiger partial charge in [-0.1, -0.05) is 78.9 Å². The molecule has 3 aromatic carbocycles. The molecule has 1 aliphatic rings. The molecule has 0 unspecified atom stereocenters. The SMILES string of the molecule is O=C(O)c1cnn2c(Nc3ccccc3-c3ccccc3)c(C(=O)N3CCC(c4ccccc4)CC3)cnc12. The van der Waals surface area contributed by atoms with Crippen molar-refractivity contribution in [1.29, 1.82) is 0 Å². The first-order valence-electron chi connectivity index (χ1n) is 13.0. The van der Waals surface area contributed by atoms with Crippen LogP contribution in [-0.2, 0) is 0 Å². The number of aromatic carboxylic acids is 1. The van der Waals surface area contributed by atoms with Gasteiger partial charge in [-0.05, 0) is 36.0 Å². The second kappa shape index (κ2) is 10.4. The number of piperidine rings is 1. The van der Waals surface area contributed by atoms with Crippen LogP contribution in [0.5, 0.6) is 0 Å². The van der Waals surface area contributed by atoms with E-state index in [0.29, 0.717) is 30.4 Å². The minimum Gasteiger partial charge on any atom is -0.477 e. The molecule has 194 valence electrons. The van der Waals surface area contributed by atoms with Gasteiger partial charge in [-0.2, -0.15) is 9.61 Å². The van der Waals surface area contributed by atoms with Gasteiger partial charge >= 0.3 is 5.97 Å². The van der Waals surface area contributed by atoms with Crippen molar-refractivity contribution in [2.75, 3.05) is 18.4 Å². The first kappa shape index (κ1) is 24.4. The molecule has 0 spiro atoms. The number of carbonyl (C=O) groups is 2. The van der Waals surface area contributed by atoms with E-state index in [0.717, 1.165) is 29.7 Å². The van der Waals surface area contributed by atoms with Crippen molar-refractivity contribution in [2.45, 2.75) is 18.8 Å². The summed E-state index contributed by atoms with van der Waals surface area (Å²) in [6.07, 6.45) is 4.47. The van der Waals surface area contributed by atoms with Crippen molar-refractivity contribution in [3.8, 4) is 11.1 Å². The number of carboxylic acids is 1. The lowest BCUT2D eigenvalue weighted by molar-refractivity contribution is 0.0695. The largest absolute Gasteiger partial charge is 0.477 e. The second-order valence-electron chi connectivity index (χ2n) is 9.63. The summed E-state index contributed by atoms with van der Waals surface area (Å²) in [6.45, 7) is 1.24. The summed E-state index contributed by atoms with van der Waals surface area (Å²) < 4.78 is 1.41. The predicted octanol–water partition coefficient (Wildman–Crippen LogP) is 5.86. The molecule has 0 atom stereocenters. The van der Waals surface area contributed by atoms with Crippen molar-refractivity contribution in [3.05, 3.63) is 114 Å². The summed E-state index contributed by atoms with van der Waals surface area (Å²) in [7, 11) is 0. The number of amides is 1. The summed E-state index contributed by atoms with van der Waals surface area (Å²) in [4.78, 5) is 31.9. The summed E-state index contributed by atoms with van der Waals surface area (Å²) >= 11 is 0. The molecule has 6 rings (SSSR count). The van der Waals surface area contributed by atoms with Gasteiger partial charge in [-0.3, -0.25) is 4.79 Å². The number of carbonyl (C=O) groups excluding carboxylic acids is 1. The first-order chi connectivity index (χ1) is 19.1. The molecule has 2 aromatic heterocycles. The molecule has 8 nitrogen and oxygen atoms in total. The molecule has 8 heteroatoms. The molecule has 0 aliphatic carbocycles. The summed E-state index contributed by atoms with van der Waals surface area (Å²) in [5, 5.41) is 17.4. The molecule has 1 fully saturated rings. The number of hydrogen-bond donors (Lipinski definition) is 2. The summed E-state index contributed by atoms with van der Waals surface area (Å²) in [5.41, 5.74) is 4.48. The van der Waals surface area contributed by atoms with Crippen molar-refractivity contribution >= 4 is 29.0 Å². The molecule has 1 saturated heterocycles. The normalized spacial score (nSPS) is 13.9. The number of likely N-dealkylation sites (tertiary alicyclic amines) is 1. The van der Waals surface area contributed by atoms with Crippen LogP contribution in [-0.4, -0.2) is 49.6 Å². The van der Waals surface area contributed by atoms with Crippen molar-refractivity contribution in [3.63, 3.8) is 0 Å². The Morgan fingerprint density at radius 2 is 1.49 bits per heavy atom. The lowest BCUT2D eigenvalue weighted by Crippen LogP contribution is -2.38. The van der Waals surface area contributed by atoms with Crippen LogP contribution in [0.4, 0.5) is 11.5 Å². The third-order valence-corrected chi connectivity index (χ3v) is 7.31. The van der Waals surface area contributed by atoms with E-state index in [4.69, 9.17) is 0 Å². The Morgan fingerprint density at radius 3 is 2.21 bits per heavy atom. The van der Waals surface area contributed by atoms with Crippen LogP contribution in [0.25, 0.3) is 16.8 Å². The maximum atomic E-state index is 13.9. The molecule has 1 aliphatic heterocycles. The smallest absolute Gasteiger partial charge is 0.341 e. The van der Waals surface area contributed by atoms with Crippen LogP contribution in [0.3, 0.4) is 0 Å². The van der Waals surface area contributed by atoms with Crippen LogP contribution in [0.1, 0.15) is 45.0 Å². The summed E-state index contributed by atoms with van der Waals surface area (Å²) in [6, 6.07) is 28.1. The molecule has 2 N–H and O–H groups in total. The number of rotatable bonds is 6. The van der Waals surface area contributed by atoms with Crippen LogP contribution in [0, 0.1) is 0 Å². The maximum Gasteiger partial charge on any atom is 0.341 e. The fourth-order valence-electron chi connectivity index (χ4n) is 5.26. The zero-order valence-electron chi connectivity index (χ0n) is 21.2. The van der Waals surface area contributed by atoms with Crippen molar-refractivity contribution in [2.24, 2.45) is 0 Å². The van der Waals surface area contributed by atoms with Crippen molar-refractivity contribution < 1.29 is 14.7 Å². The van der Waals surface area contributed by atoms with E-state index in [1.54, 1.807) is 0 Å². The fraction of sp³-hybridized carbons (Fsp3) is 0.161. The van der Waals surface area contributed by atoms with E-state index in [1.165, 1.54) is 22.5 Å². The molecule has 0 saturated carbocycles. The van der Waals surface area contributed by atoms with Gasteiger partial charge in [0.15, 0.2) is 5.65 Å². The number of fused-ring (bicyclic) bond motifs is 1. The van der Waals surface area contributed by atoms with Gasteiger partial charge in [0.2, 0.25) is 0 Å². The number of hydrogen-bond acceptors (Lipinski definition) is 5. The number of carboxylic acid groups (broad SMARTS) is 1. The van der Waals surface area contributed by atoms with Gasteiger partial charge in [-0.15, -0.1) is 0 Å². The summed E-state index contributed by atoms with van der Waals surface area (Å²) in [5.74, 6) is -0.500. The third-order valence-electron chi connectivity index (χ3n) is 7.31. The topological polar surface area (TPSA) is 99.8 Å². The van der Waals surface area contributed by atoms with Crippen LogP contribution >= 0.6 is 0 Å². The minimum atomic E-state index is -1.13. The first-order valence-corrected chi connectivity index (χ1v) is 13.0. The van der Waals surface area contributed by atoms with Gasteiger partial charge in [-0.25, -0.2) is 9.78 Å². The fourth-order valence-corrected chi connectivity index (χ4v) is 5.26. The van der Waals surface area contributed by atoms with E-state index in [9.17, 15) is 14.7 Å². The Morgan fingerprint density at radius 1 is 0.821 bits per heavy atom. The number of benzene rings is 3. The number of para-hydroxylation sites is 1. The van der Waals surface area contributed by atoms with E-state index < -0.39 is 5.97 Å². The second-order valence-corrected chi connectivity index (χ2v) is 9.63. The van der Waals surface area contributed by atoms with Crippen LogP contribution < -0.4 is 5.32 Å². The molecule has 39 heavy (non-hydrogen) atoms. The Labute approximate surface area is 225 Å². The average molecular weight is 518 g/mol. The highest BCUT2D eigenvalue weighted by Gasteiger charge is 2.28. The highest BCUT2D eigenvalue weighted by molar-refractivity contribution is 6.01. The number of nitrogens with zero attached hydrogens (tertiary/aromatic N) is 4. The van der Waals surface area contributed by atoms with E-state index in [-0.39, 0.29) is 17.1 Å². The predicted molar refractivity (Wildman–Crippen MR) is 149 cm³/mol. The van der Waals surface area contributed by atoms with Crippen LogP contribution in [0.2, 0.25) is 0 Å². The molecular formula is C31H27N5O3. The Bertz CT molecular complexity index is 1640. The van der Waals surface area contributed by atoms with E-state index in [1.807, 2.05) is 65.6 Å². The highest BCUT2D eigenvalue weighted by atomic mass is 16.4. The standard InChI is InChI=1S/C31H27N5O3/c37-30(35-17-15-22(16-18-35)21-9-3-1-4-10-21)25-19-32-28-26(31(38)39)20-33-36(28)29(25)34-27-14-8-7-13-24(27)23-11-5-2-6-12-23/h1-14,19-20,22,34H,15-18H2,(H,38,39). The van der Waals surface area contributed by atoms with Gasteiger partial charge in [0.1, 0.15) is 16.9 Å². The zero-order valence-corrected chi connectivity index (χ0v) is 21.2. The lowest BCUT2D eigenvalue weighted by atomic mass is 9.89. The molecular weight excluding hydrogens is 490 g/mol. The number of aromatic nitrogens is 3. The average Bonchev–Trinajstić information content (AvgIpc) is 3.43. The number of nitrogens with one attached hydrogen (secondary N) is 1. The molecule has 5 aromatic rings. The number of anilines is 2. The lowest BCUT2D eigenvalue weighted by Gasteiger charge is -2.32. The Hall–Kier alpha value is -4.98.